The van der Waals surface area contributed by atoms with Gasteiger partial charge in [-0.05, 0) is 43.8 Å². The first-order valence-electron chi connectivity index (χ1n) is 6.11. The zero-order valence-corrected chi connectivity index (χ0v) is 13.1. The summed E-state index contributed by atoms with van der Waals surface area (Å²) in [5.41, 5.74) is 1.42. The molecule has 2 N–H and O–H groups in total. The number of aliphatic hydroxyl groups is 1. The fourth-order valence-corrected chi connectivity index (χ4v) is 4.45. The Balaban J connectivity index is 2.21. The molecular formula is C13H17NO4S2. The molecule has 0 fully saturated rings. The van der Waals surface area contributed by atoms with E-state index in [0.717, 1.165) is 22.7 Å². The van der Waals surface area contributed by atoms with Crippen LogP contribution in [0.1, 0.15) is 35.6 Å². The molecule has 0 aliphatic rings. The van der Waals surface area contributed by atoms with Crippen LogP contribution < -0.4 is 4.72 Å². The van der Waals surface area contributed by atoms with Gasteiger partial charge in [-0.3, -0.25) is 0 Å². The molecule has 2 rings (SSSR count). The van der Waals surface area contributed by atoms with Gasteiger partial charge < -0.3 is 9.52 Å². The van der Waals surface area contributed by atoms with Gasteiger partial charge in [0.1, 0.15) is 15.7 Å². The van der Waals surface area contributed by atoms with E-state index < -0.39 is 10.0 Å². The Morgan fingerprint density at radius 3 is 2.60 bits per heavy atom. The maximum absolute atomic E-state index is 12.3. The van der Waals surface area contributed by atoms with Crippen LogP contribution in [0.5, 0.6) is 0 Å². The third-order valence-electron chi connectivity index (χ3n) is 2.95. The van der Waals surface area contributed by atoms with Gasteiger partial charge in [0.05, 0.1) is 6.61 Å². The maximum Gasteiger partial charge on any atom is 0.250 e. The van der Waals surface area contributed by atoms with Gasteiger partial charge >= 0.3 is 0 Å². The summed E-state index contributed by atoms with van der Waals surface area (Å²) in [5, 5.41) is 10.6. The Kier molecular flexibility index (Phi) is 4.33. The lowest BCUT2D eigenvalue weighted by molar-refractivity contribution is 0.282. The first kappa shape index (κ1) is 15.2. The largest absolute Gasteiger partial charge is 0.466 e. The summed E-state index contributed by atoms with van der Waals surface area (Å²) in [7, 11) is -3.59. The molecule has 0 radical (unpaired) electrons. The predicted octanol–water partition coefficient (Wildman–Crippen LogP) is 2.49. The molecule has 2 aromatic rings. The average molecular weight is 315 g/mol. The normalized spacial score (nSPS) is 13.6. The minimum Gasteiger partial charge on any atom is -0.466 e. The average Bonchev–Trinajstić information content (AvgIpc) is 2.95. The molecule has 0 spiro atoms. The van der Waals surface area contributed by atoms with Crippen LogP contribution in [-0.4, -0.2) is 13.5 Å². The summed E-state index contributed by atoms with van der Waals surface area (Å²) in [4.78, 5) is 0. The molecule has 0 aromatic carbocycles. The van der Waals surface area contributed by atoms with Gasteiger partial charge in [-0.2, -0.15) is 0 Å². The lowest BCUT2D eigenvalue weighted by atomic mass is 10.1. The van der Waals surface area contributed by atoms with Crippen LogP contribution in [0.4, 0.5) is 0 Å². The van der Waals surface area contributed by atoms with Crippen LogP contribution >= 0.6 is 11.3 Å². The van der Waals surface area contributed by atoms with Crippen molar-refractivity contribution in [2.45, 2.75) is 37.6 Å². The van der Waals surface area contributed by atoms with E-state index in [1.54, 1.807) is 12.3 Å². The van der Waals surface area contributed by atoms with Crippen molar-refractivity contribution in [1.82, 2.24) is 4.72 Å². The second kappa shape index (κ2) is 5.69. The number of aryl methyl sites for hydroxylation is 2. The number of rotatable bonds is 5. The highest BCUT2D eigenvalue weighted by atomic mass is 32.2. The van der Waals surface area contributed by atoms with Gasteiger partial charge in [-0.15, -0.1) is 11.3 Å². The zero-order valence-electron chi connectivity index (χ0n) is 11.5. The number of thiophene rings is 1. The van der Waals surface area contributed by atoms with Crippen LogP contribution in [0.25, 0.3) is 0 Å². The first-order valence-corrected chi connectivity index (χ1v) is 8.47. The van der Waals surface area contributed by atoms with Crippen molar-refractivity contribution in [3.8, 4) is 0 Å². The molecule has 2 aromatic heterocycles. The highest BCUT2D eigenvalue weighted by Crippen LogP contribution is 2.25. The quantitative estimate of drug-likeness (QED) is 0.888. The highest BCUT2D eigenvalue weighted by Gasteiger charge is 2.22. The number of sulfonamides is 1. The Hall–Kier alpha value is -1.15. The number of hydrogen-bond acceptors (Lipinski definition) is 5. The van der Waals surface area contributed by atoms with E-state index in [-0.39, 0.29) is 16.9 Å². The van der Waals surface area contributed by atoms with Crippen molar-refractivity contribution in [1.29, 1.82) is 0 Å². The number of aliphatic hydroxyl groups excluding tert-OH is 1. The summed E-state index contributed by atoms with van der Waals surface area (Å²) in [5.74, 6) is 1.46. The van der Waals surface area contributed by atoms with E-state index >= 15 is 0 Å². The van der Waals surface area contributed by atoms with Gasteiger partial charge in [0.2, 0.25) is 0 Å². The maximum atomic E-state index is 12.3. The zero-order chi connectivity index (χ0) is 14.9. The van der Waals surface area contributed by atoms with E-state index in [0.29, 0.717) is 11.3 Å². The van der Waals surface area contributed by atoms with Gasteiger partial charge in [-0.1, -0.05) is 0 Å². The van der Waals surface area contributed by atoms with Crippen molar-refractivity contribution in [2.75, 3.05) is 0 Å². The topological polar surface area (TPSA) is 79.5 Å². The van der Waals surface area contributed by atoms with Crippen LogP contribution in [0, 0.1) is 13.8 Å². The summed E-state index contributed by atoms with van der Waals surface area (Å²) in [6.07, 6.45) is 0. The molecule has 0 saturated carbocycles. The third-order valence-corrected chi connectivity index (χ3v) is 5.98. The minimum atomic E-state index is -3.59. The molecule has 0 saturated heterocycles. The van der Waals surface area contributed by atoms with Gasteiger partial charge in [-0.25, -0.2) is 13.1 Å². The molecule has 1 unspecified atom stereocenters. The molecule has 2 heterocycles. The smallest absolute Gasteiger partial charge is 0.250 e. The van der Waals surface area contributed by atoms with Crippen LogP contribution in [0.15, 0.2) is 26.1 Å². The van der Waals surface area contributed by atoms with Gasteiger partial charge in [0, 0.05) is 11.6 Å². The second-order valence-corrected chi connectivity index (χ2v) is 7.50. The Morgan fingerprint density at radius 2 is 2.10 bits per heavy atom. The molecular weight excluding hydrogens is 298 g/mol. The minimum absolute atomic E-state index is 0.165. The highest BCUT2D eigenvalue weighted by molar-refractivity contribution is 7.91. The van der Waals surface area contributed by atoms with E-state index in [1.165, 1.54) is 6.07 Å². The summed E-state index contributed by atoms with van der Waals surface area (Å²) in [6, 6.07) is 2.93. The summed E-state index contributed by atoms with van der Waals surface area (Å²) in [6.45, 7) is 5.24. The van der Waals surface area contributed by atoms with Crippen LogP contribution in [0.3, 0.4) is 0 Å². The van der Waals surface area contributed by atoms with Crippen molar-refractivity contribution in [3.63, 3.8) is 0 Å². The molecule has 0 amide bonds. The number of nitrogens with one attached hydrogen (secondary N) is 1. The van der Waals surface area contributed by atoms with E-state index in [9.17, 15) is 8.42 Å². The van der Waals surface area contributed by atoms with E-state index in [2.05, 4.69) is 4.72 Å². The Morgan fingerprint density at radius 1 is 1.40 bits per heavy atom. The van der Waals surface area contributed by atoms with Crippen LogP contribution in [0.2, 0.25) is 0 Å². The fourth-order valence-electron chi connectivity index (χ4n) is 2.01. The van der Waals surface area contributed by atoms with Crippen LogP contribution in [-0.2, 0) is 16.6 Å². The monoisotopic (exact) mass is 315 g/mol. The molecule has 5 nitrogen and oxygen atoms in total. The fraction of sp³-hybridized carbons (Fsp3) is 0.385. The summed E-state index contributed by atoms with van der Waals surface area (Å²) < 4.78 is 32.7. The molecule has 20 heavy (non-hydrogen) atoms. The molecule has 1 atom stereocenters. The van der Waals surface area contributed by atoms with Crippen molar-refractivity contribution >= 4 is 21.4 Å². The van der Waals surface area contributed by atoms with Crippen molar-refractivity contribution in [2.24, 2.45) is 0 Å². The molecule has 0 bridgehead atoms. The Labute approximate surface area is 122 Å². The number of furan rings is 1. The lowest BCUT2D eigenvalue weighted by Crippen LogP contribution is -2.26. The lowest BCUT2D eigenvalue weighted by Gasteiger charge is -2.12. The van der Waals surface area contributed by atoms with Gasteiger partial charge in [0.25, 0.3) is 10.0 Å². The molecule has 0 aliphatic heterocycles. The molecule has 0 aliphatic carbocycles. The third kappa shape index (κ3) is 3.12. The summed E-state index contributed by atoms with van der Waals surface area (Å²) >= 11 is 1.09. The van der Waals surface area contributed by atoms with Gasteiger partial charge in [0.15, 0.2) is 0 Å². The van der Waals surface area contributed by atoms with Crippen molar-refractivity contribution in [3.05, 3.63) is 40.2 Å². The Bertz CT molecular complexity index is 700. The van der Waals surface area contributed by atoms with E-state index in [1.807, 2.05) is 19.9 Å². The standard InChI is InChI=1S/C13H17NO4S2/c1-8-4-12(10(3)18-8)9(2)14-20(16,17)13-5-11(6-15)7-19-13/h4-5,7,9,14-15H,6H2,1-3H3. The molecule has 7 heteroatoms. The first-order chi connectivity index (χ1) is 9.33. The van der Waals surface area contributed by atoms with E-state index in [4.69, 9.17) is 9.52 Å². The predicted molar refractivity (Wildman–Crippen MR) is 77.2 cm³/mol. The van der Waals surface area contributed by atoms with Crippen molar-refractivity contribution < 1.29 is 17.9 Å². The number of hydrogen-bond donors (Lipinski definition) is 2. The SMILES string of the molecule is Cc1cc(C(C)NS(=O)(=O)c2cc(CO)cs2)c(C)o1. The molecule has 110 valence electrons. The second-order valence-electron chi connectivity index (χ2n) is 4.64.